The van der Waals surface area contributed by atoms with Gasteiger partial charge in [0.2, 0.25) is 0 Å². The van der Waals surface area contributed by atoms with Crippen LogP contribution in [0.2, 0.25) is 0 Å². The summed E-state index contributed by atoms with van der Waals surface area (Å²) in [6.45, 7) is 7.82. The van der Waals surface area contributed by atoms with Crippen molar-refractivity contribution in [2.45, 2.75) is 32.1 Å². The fraction of sp³-hybridized carbons (Fsp3) is 0.409. The van der Waals surface area contributed by atoms with E-state index in [1.54, 1.807) is 12.1 Å². The predicted molar refractivity (Wildman–Crippen MR) is 99.4 cm³/mol. The Kier molecular flexibility index (Phi) is 4.12. The van der Waals surface area contributed by atoms with Crippen molar-refractivity contribution in [2.24, 2.45) is 5.92 Å². The molecule has 1 fully saturated rings. The highest BCUT2D eigenvalue weighted by Gasteiger charge is 2.43. The van der Waals surface area contributed by atoms with Crippen molar-refractivity contribution in [2.75, 3.05) is 19.6 Å². The van der Waals surface area contributed by atoms with Crippen LogP contribution in [-0.2, 0) is 0 Å². The number of aromatic carboxylic acids is 1. The molecule has 0 aromatic heterocycles. The summed E-state index contributed by atoms with van der Waals surface area (Å²) in [6.07, 6.45) is 1.21. The molecule has 2 aromatic rings. The molecule has 4 rings (SSSR count). The van der Waals surface area contributed by atoms with Crippen molar-refractivity contribution in [3.8, 4) is 0 Å². The molecule has 0 radical (unpaired) electrons. The number of carbonyl (C=O) groups is 1. The Morgan fingerprint density at radius 2 is 1.92 bits per heavy atom. The van der Waals surface area contributed by atoms with Crippen molar-refractivity contribution in [3.05, 3.63) is 70.3 Å². The molecule has 1 saturated heterocycles. The normalized spacial score (nSPS) is 25.4. The van der Waals surface area contributed by atoms with E-state index < -0.39 is 5.97 Å². The van der Waals surface area contributed by atoms with Gasteiger partial charge in [0, 0.05) is 18.4 Å². The van der Waals surface area contributed by atoms with E-state index >= 15 is 0 Å². The fourth-order valence-corrected chi connectivity index (χ4v) is 4.84. The molecular formula is C22H25NO2. The molecule has 1 N–H and O–H groups in total. The smallest absolute Gasteiger partial charge is 0.335 e. The maximum absolute atomic E-state index is 11.2. The van der Waals surface area contributed by atoms with Gasteiger partial charge in [-0.05, 0) is 61.2 Å². The number of benzene rings is 2. The average molecular weight is 335 g/mol. The number of fused-ring (bicyclic) bond motifs is 3. The molecule has 1 aliphatic carbocycles. The number of likely N-dealkylation sites (tertiary alicyclic amines) is 1. The van der Waals surface area contributed by atoms with Gasteiger partial charge in [-0.15, -0.1) is 0 Å². The highest BCUT2D eigenvalue weighted by Crippen LogP contribution is 2.53. The van der Waals surface area contributed by atoms with E-state index in [9.17, 15) is 9.90 Å². The first-order valence-electron chi connectivity index (χ1n) is 9.24. The Morgan fingerprint density at radius 3 is 2.60 bits per heavy atom. The van der Waals surface area contributed by atoms with Gasteiger partial charge >= 0.3 is 5.97 Å². The van der Waals surface area contributed by atoms with E-state index in [4.69, 9.17) is 0 Å². The molecule has 1 heterocycles. The quantitative estimate of drug-likeness (QED) is 0.911. The van der Waals surface area contributed by atoms with Crippen LogP contribution in [0.3, 0.4) is 0 Å². The largest absolute Gasteiger partial charge is 0.478 e. The SMILES string of the molecule is CCN1CC[C@H]2[C@@H](c3ccc(C(=O)O)cc3)c3cc(C)ccc3[C@H]2C1. The molecule has 3 nitrogen and oxygen atoms in total. The monoisotopic (exact) mass is 335 g/mol. The van der Waals surface area contributed by atoms with Gasteiger partial charge in [0.05, 0.1) is 5.56 Å². The Morgan fingerprint density at radius 1 is 1.16 bits per heavy atom. The molecule has 0 spiro atoms. The zero-order chi connectivity index (χ0) is 17.6. The molecule has 0 unspecified atom stereocenters. The van der Waals surface area contributed by atoms with Crippen LogP contribution in [0.1, 0.15) is 57.8 Å². The van der Waals surface area contributed by atoms with Gasteiger partial charge in [0.1, 0.15) is 0 Å². The summed E-state index contributed by atoms with van der Waals surface area (Å²) < 4.78 is 0. The molecule has 2 aliphatic rings. The number of carboxylic acid groups (broad SMARTS) is 1. The van der Waals surface area contributed by atoms with E-state index in [1.807, 2.05) is 12.1 Å². The zero-order valence-corrected chi connectivity index (χ0v) is 14.9. The second-order valence-electron chi connectivity index (χ2n) is 7.49. The third-order valence-corrected chi connectivity index (χ3v) is 6.12. The molecule has 3 heteroatoms. The highest BCUT2D eigenvalue weighted by molar-refractivity contribution is 5.87. The minimum atomic E-state index is -0.858. The third-order valence-electron chi connectivity index (χ3n) is 6.12. The molecule has 25 heavy (non-hydrogen) atoms. The minimum absolute atomic E-state index is 0.364. The number of carboxylic acids is 1. The van der Waals surface area contributed by atoms with Gasteiger partial charge in [0.15, 0.2) is 0 Å². The number of likely N-dealkylation sites (N-methyl/N-ethyl adjacent to an activating group) is 1. The van der Waals surface area contributed by atoms with Crippen molar-refractivity contribution < 1.29 is 9.90 Å². The van der Waals surface area contributed by atoms with Crippen LogP contribution in [0.25, 0.3) is 0 Å². The maximum atomic E-state index is 11.2. The first kappa shape index (κ1) is 16.3. The maximum Gasteiger partial charge on any atom is 0.335 e. The number of hydrogen-bond acceptors (Lipinski definition) is 2. The van der Waals surface area contributed by atoms with Gasteiger partial charge in [-0.1, -0.05) is 42.8 Å². The van der Waals surface area contributed by atoms with Crippen molar-refractivity contribution in [1.29, 1.82) is 0 Å². The number of aryl methyl sites for hydroxylation is 1. The standard InChI is InChI=1S/C22H25NO2/c1-3-23-11-10-18-20(13-23)17-9-4-14(2)12-19(17)21(18)15-5-7-16(8-6-15)22(24)25/h4-9,12,18,20-21H,3,10-11,13H2,1-2H3,(H,24,25)/t18-,20-,21-/m1/s1. The third kappa shape index (κ3) is 2.77. The van der Waals surface area contributed by atoms with Gasteiger partial charge in [-0.2, -0.15) is 0 Å². The fourth-order valence-electron chi connectivity index (χ4n) is 4.84. The highest BCUT2D eigenvalue weighted by atomic mass is 16.4. The Labute approximate surface area is 149 Å². The van der Waals surface area contributed by atoms with Crippen molar-refractivity contribution in [3.63, 3.8) is 0 Å². The summed E-state index contributed by atoms with van der Waals surface area (Å²) in [6, 6.07) is 14.5. The van der Waals surface area contributed by atoms with E-state index in [2.05, 4.69) is 36.9 Å². The molecule has 1 aliphatic heterocycles. The summed E-state index contributed by atoms with van der Waals surface area (Å²) in [5, 5.41) is 9.17. The second-order valence-corrected chi connectivity index (χ2v) is 7.49. The minimum Gasteiger partial charge on any atom is -0.478 e. The first-order chi connectivity index (χ1) is 12.1. The number of rotatable bonds is 3. The lowest BCUT2D eigenvalue weighted by Gasteiger charge is -2.37. The molecule has 3 atom stereocenters. The predicted octanol–water partition coefficient (Wildman–Crippen LogP) is 4.26. The molecular weight excluding hydrogens is 310 g/mol. The lowest BCUT2D eigenvalue weighted by Crippen LogP contribution is -2.38. The van der Waals surface area contributed by atoms with E-state index in [1.165, 1.54) is 28.7 Å². The van der Waals surface area contributed by atoms with Crippen LogP contribution >= 0.6 is 0 Å². The Balaban J connectivity index is 1.76. The van der Waals surface area contributed by atoms with Crippen LogP contribution in [0.4, 0.5) is 0 Å². The summed E-state index contributed by atoms with van der Waals surface area (Å²) >= 11 is 0. The topological polar surface area (TPSA) is 40.5 Å². The molecule has 0 bridgehead atoms. The molecule has 130 valence electrons. The summed E-state index contributed by atoms with van der Waals surface area (Å²) in [4.78, 5) is 13.7. The van der Waals surface area contributed by atoms with Gasteiger partial charge < -0.3 is 10.0 Å². The Hall–Kier alpha value is -2.13. The lowest BCUT2D eigenvalue weighted by molar-refractivity contribution is 0.0697. The van der Waals surface area contributed by atoms with Crippen molar-refractivity contribution >= 4 is 5.97 Å². The second kappa shape index (κ2) is 6.30. The van der Waals surface area contributed by atoms with Crippen LogP contribution in [-0.4, -0.2) is 35.6 Å². The van der Waals surface area contributed by atoms with E-state index in [0.717, 1.165) is 19.6 Å². The average Bonchev–Trinajstić information content (AvgIpc) is 2.94. The van der Waals surface area contributed by atoms with Crippen LogP contribution in [0.5, 0.6) is 0 Å². The van der Waals surface area contributed by atoms with Crippen LogP contribution in [0, 0.1) is 12.8 Å². The Bertz CT molecular complexity index is 796. The van der Waals surface area contributed by atoms with Crippen LogP contribution < -0.4 is 0 Å². The number of nitrogens with zero attached hydrogens (tertiary/aromatic N) is 1. The van der Waals surface area contributed by atoms with Crippen molar-refractivity contribution in [1.82, 2.24) is 4.90 Å². The first-order valence-corrected chi connectivity index (χ1v) is 9.24. The van der Waals surface area contributed by atoms with Gasteiger partial charge in [0.25, 0.3) is 0 Å². The summed E-state index contributed by atoms with van der Waals surface area (Å²) in [5.41, 5.74) is 5.88. The van der Waals surface area contributed by atoms with Gasteiger partial charge in [-0.3, -0.25) is 0 Å². The van der Waals surface area contributed by atoms with Crippen LogP contribution in [0.15, 0.2) is 42.5 Å². The number of hydrogen-bond donors (Lipinski definition) is 1. The molecule has 0 amide bonds. The number of piperidine rings is 1. The lowest BCUT2D eigenvalue weighted by atomic mass is 9.78. The molecule has 2 aromatic carbocycles. The van der Waals surface area contributed by atoms with E-state index in [0.29, 0.717) is 23.3 Å². The summed E-state index contributed by atoms with van der Waals surface area (Å²) in [5.74, 6) is 0.744. The summed E-state index contributed by atoms with van der Waals surface area (Å²) in [7, 11) is 0. The zero-order valence-electron chi connectivity index (χ0n) is 14.9. The molecule has 0 saturated carbocycles. The van der Waals surface area contributed by atoms with E-state index in [-0.39, 0.29) is 0 Å². The van der Waals surface area contributed by atoms with Gasteiger partial charge in [-0.25, -0.2) is 4.79 Å².